The Morgan fingerprint density at radius 2 is 1.93 bits per heavy atom. The lowest BCUT2D eigenvalue weighted by Crippen LogP contribution is -2.36. The predicted octanol–water partition coefficient (Wildman–Crippen LogP) is 3.75. The summed E-state index contributed by atoms with van der Waals surface area (Å²) >= 11 is 1.68. The van der Waals surface area contributed by atoms with Gasteiger partial charge in [0.1, 0.15) is 10.7 Å². The topological polar surface area (TPSA) is 78.5 Å². The summed E-state index contributed by atoms with van der Waals surface area (Å²) in [6, 6.07) is 0. The highest BCUT2D eigenvalue weighted by molar-refractivity contribution is 7.18. The molecule has 0 saturated heterocycles. The number of aryl methyl sites for hydroxylation is 2. The van der Waals surface area contributed by atoms with Crippen molar-refractivity contribution in [1.29, 1.82) is 0 Å². The zero-order valence-electron chi connectivity index (χ0n) is 18.9. The van der Waals surface area contributed by atoms with E-state index in [0.717, 1.165) is 42.4 Å². The van der Waals surface area contributed by atoms with Crippen molar-refractivity contribution < 1.29 is 9.84 Å². The average molecular weight is 436 g/mol. The number of fused-ring (bicyclic) bond motifs is 3. The van der Waals surface area contributed by atoms with E-state index < -0.39 is 6.10 Å². The van der Waals surface area contributed by atoms with Gasteiger partial charge in [-0.25, -0.2) is 4.98 Å². The monoisotopic (exact) mass is 435 g/mol. The second-order valence-corrected chi connectivity index (χ2v) is 10.5. The molecular weight excluding hydrogens is 398 g/mol. The molecule has 0 spiro atoms. The molecule has 7 heteroatoms. The van der Waals surface area contributed by atoms with Crippen LogP contribution in [-0.4, -0.2) is 52.4 Å². The van der Waals surface area contributed by atoms with Crippen molar-refractivity contribution in [1.82, 2.24) is 14.9 Å². The van der Waals surface area contributed by atoms with Gasteiger partial charge in [0.15, 0.2) is 0 Å². The first-order valence-corrected chi connectivity index (χ1v) is 12.2. The van der Waals surface area contributed by atoms with Gasteiger partial charge in [0.05, 0.1) is 24.6 Å². The van der Waals surface area contributed by atoms with Crippen molar-refractivity contribution in [2.24, 2.45) is 11.8 Å². The average Bonchev–Trinajstić information content (AvgIpc) is 3.04. The molecule has 6 nitrogen and oxygen atoms in total. The van der Waals surface area contributed by atoms with Gasteiger partial charge in [0.25, 0.3) is 5.56 Å². The van der Waals surface area contributed by atoms with Gasteiger partial charge in [-0.3, -0.25) is 9.69 Å². The van der Waals surface area contributed by atoms with Crippen molar-refractivity contribution in [2.75, 3.05) is 26.3 Å². The van der Waals surface area contributed by atoms with Gasteiger partial charge in [-0.15, -0.1) is 11.3 Å². The lowest BCUT2D eigenvalue weighted by atomic mass is 9.97. The summed E-state index contributed by atoms with van der Waals surface area (Å²) in [6.07, 6.45) is 4.88. The Balaban J connectivity index is 1.72. The van der Waals surface area contributed by atoms with Gasteiger partial charge in [0.2, 0.25) is 0 Å². The fourth-order valence-electron chi connectivity index (χ4n) is 3.96. The molecule has 0 aliphatic heterocycles. The number of hydrogen-bond donors (Lipinski definition) is 2. The Morgan fingerprint density at radius 3 is 2.67 bits per heavy atom. The molecule has 2 heterocycles. The zero-order valence-corrected chi connectivity index (χ0v) is 19.7. The van der Waals surface area contributed by atoms with Crippen LogP contribution in [0.3, 0.4) is 0 Å². The molecule has 0 amide bonds. The van der Waals surface area contributed by atoms with Gasteiger partial charge < -0.3 is 14.8 Å². The first-order valence-electron chi connectivity index (χ1n) is 11.3. The van der Waals surface area contributed by atoms with Gasteiger partial charge in [-0.05, 0) is 56.0 Å². The molecule has 30 heavy (non-hydrogen) atoms. The molecular formula is C23H37N3O3S. The Labute approximate surface area is 183 Å². The second kappa shape index (κ2) is 10.8. The second-order valence-electron chi connectivity index (χ2n) is 9.41. The Bertz CT molecular complexity index is 874. The lowest BCUT2D eigenvalue weighted by Gasteiger charge is -2.25. The van der Waals surface area contributed by atoms with Crippen LogP contribution in [0, 0.1) is 11.8 Å². The highest BCUT2D eigenvalue weighted by Crippen LogP contribution is 2.33. The van der Waals surface area contributed by atoms with Crippen molar-refractivity contribution in [2.45, 2.75) is 72.4 Å². The van der Waals surface area contributed by atoms with E-state index in [2.05, 4.69) is 37.6 Å². The molecule has 1 atom stereocenters. The van der Waals surface area contributed by atoms with E-state index in [1.54, 1.807) is 11.3 Å². The van der Waals surface area contributed by atoms with Gasteiger partial charge in [-0.2, -0.15) is 0 Å². The number of thiophene rings is 1. The van der Waals surface area contributed by atoms with Crippen LogP contribution in [0.5, 0.6) is 0 Å². The maximum atomic E-state index is 12.8. The third kappa shape index (κ3) is 6.36. The minimum Gasteiger partial charge on any atom is -0.389 e. The van der Waals surface area contributed by atoms with Crippen molar-refractivity contribution in [3.8, 4) is 0 Å². The van der Waals surface area contributed by atoms with Gasteiger partial charge in [-0.1, -0.05) is 27.7 Å². The molecule has 1 unspecified atom stereocenters. The van der Waals surface area contributed by atoms with Crippen molar-refractivity contribution >= 4 is 21.6 Å². The van der Waals surface area contributed by atoms with E-state index in [4.69, 9.17) is 9.72 Å². The van der Waals surface area contributed by atoms with E-state index in [-0.39, 0.29) is 5.56 Å². The molecule has 0 saturated carbocycles. The quantitative estimate of drug-likeness (QED) is 0.562. The number of hydrogen-bond acceptors (Lipinski definition) is 6. The van der Waals surface area contributed by atoms with Crippen molar-refractivity contribution in [3.63, 3.8) is 0 Å². The number of aromatic nitrogens is 2. The molecule has 168 valence electrons. The van der Waals surface area contributed by atoms with Gasteiger partial charge in [0, 0.05) is 18.0 Å². The highest BCUT2D eigenvalue weighted by Gasteiger charge is 2.21. The van der Waals surface area contributed by atoms with E-state index in [9.17, 15) is 9.90 Å². The Kier molecular flexibility index (Phi) is 8.45. The highest BCUT2D eigenvalue weighted by atomic mass is 32.1. The third-order valence-electron chi connectivity index (χ3n) is 5.50. The molecule has 2 aromatic heterocycles. The van der Waals surface area contributed by atoms with E-state index in [0.29, 0.717) is 44.0 Å². The van der Waals surface area contributed by atoms with Crippen LogP contribution in [0.1, 0.15) is 63.2 Å². The maximum Gasteiger partial charge on any atom is 0.259 e. The maximum absolute atomic E-state index is 12.8. The summed E-state index contributed by atoms with van der Waals surface area (Å²) in [7, 11) is 0. The minimum atomic E-state index is -0.555. The fraction of sp³-hybridized carbons (Fsp3) is 0.739. The summed E-state index contributed by atoms with van der Waals surface area (Å²) in [4.78, 5) is 25.0. The van der Waals surface area contributed by atoms with Crippen LogP contribution in [-0.2, 0) is 24.1 Å². The van der Waals surface area contributed by atoms with Crippen LogP contribution < -0.4 is 5.56 Å². The summed E-state index contributed by atoms with van der Waals surface area (Å²) in [5, 5.41) is 11.3. The molecule has 1 aliphatic carbocycles. The molecule has 2 aromatic rings. The van der Waals surface area contributed by atoms with Crippen LogP contribution in [0.15, 0.2) is 4.79 Å². The number of aliphatic hydroxyl groups is 1. The van der Waals surface area contributed by atoms with Crippen LogP contribution in [0.2, 0.25) is 0 Å². The first-order chi connectivity index (χ1) is 14.3. The number of nitrogens with one attached hydrogen (secondary N) is 1. The third-order valence-corrected chi connectivity index (χ3v) is 6.69. The Morgan fingerprint density at radius 1 is 1.17 bits per heavy atom. The summed E-state index contributed by atoms with van der Waals surface area (Å²) in [5.74, 6) is 1.71. The Hall–Kier alpha value is -1.28. The van der Waals surface area contributed by atoms with Crippen LogP contribution in [0.4, 0.5) is 0 Å². The molecule has 0 radical (unpaired) electrons. The van der Waals surface area contributed by atoms with Crippen molar-refractivity contribution in [3.05, 3.63) is 26.6 Å². The van der Waals surface area contributed by atoms with E-state index >= 15 is 0 Å². The summed E-state index contributed by atoms with van der Waals surface area (Å²) in [5.41, 5.74) is 1.20. The molecule has 3 rings (SSSR count). The predicted molar refractivity (Wildman–Crippen MR) is 123 cm³/mol. The number of nitrogens with zero attached hydrogens (tertiary/aromatic N) is 2. The molecule has 0 fully saturated rings. The van der Waals surface area contributed by atoms with E-state index in [1.165, 1.54) is 16.9 Å². The summed E-state index contributed by atoms with van der Waals surface area (Å²) < 4.78 is 5.61. The summed E-state index contributed by atoms with van der Waals surface area (Å²) in [6.45, 7) is 11.5. The fourth-order valence-corrected chi connectivity index (χ4v) is 5.24. The number of aliphatic hydroxyl groups excluding tert-OH is 1. The minimum absolute atomic E-state index is 0.0148. The zero-order chi connectivity index (χ0) is 21.7. The first kappa shape index (κ1) is 23.4. The van der Waals surface area contributed by atoms with Gasteiger partial charge >= 0.3 is 0 Å². The number of rotatable bonds is 11. The standard InChI is InChI=1S/C23H37N3O3S/c1-15(2)9-10-26(11-17(27)14-29-13-16(3)4)12-20-24-22(28)21-18-7-5-6-8-19(18)30-23(21)25-20/h15-17,27H,5-14H2,1-4H3,(H,24,25,28). The number of H-pyrrole nitrogens is 1. The molecule has 0 aromatic carbocycles. The molecule has 1 aliphatic rings. The van der Waals surface area contributed by atoms with Crippen LogP contribution in [0.25, 0.3) is 10.2 Å². The normalized spacial score (nSPS) is 15.5. The SMILES string of the molecule is CC(C)CCN(Cc1nc2sc3c(c2c(=O)[nH]1)CCCC3)CC(O)COCC(C)C. The molecule has 2 N–H and O–H groups in total. The van der Waals surface area contributed by atoms with E-state index in [1.807, 2.05) is 0 Å². The molecule has 0 bridgehead atoms. The smallest absolute Gasteiger partial charge is 0.259 e. The number of ether oxygens (including phenoxy) is 1. The lowest BCUT2D eigenvalue weighted by molar-refractivity contribution is 0.00592. The largest absolute Gasteiger partial charge is 0.389 e. The number of aromatic amines is 1. The van der Waals surface area contributed by atoms with Crippen LogP contribution >= 0.6 is 11.3 Å².